The maximum atomic E-state index is 11.2. The van der Waals surface area contributed by atoms with Crippen LogP contribution >= 0.6 is 0 Å². The molecule has 0 aliphatic rings. The van der Waals surface area contributed by atoms with Crippen LogP contribution in [-0.4, -0.2) is 30.0 Å². The number of alkyl carbamates (subject to hydrolysis) is 1. The van der Waals surface area contributed by atoms with Crippen molar-refractivity contribution in [2.75, 3.05) is 13.2 Å². The first-order valence-electron chi connectivity index (χ1n) is 4.99. The van der Waals surface area contributed by atoms with Crippen molar-refractivity contribution in [3.8, 4) is 0 Å². The van der Waals surface area contributed by atoms with Crippen molar-refractivity contribution in [3.05, 3.63) is 0 Å². The minimum Gasteiger partial charge on any atom is -0.449 e. The average molecular weight is 203 g/mol. The molecule has 0 aromatic rings. The van der Waals surface area contributed by atoms with Gasteiger partial charge < -0.3 is 15.2 Å². The second kappa shape index (κ2) is 5.86. The van der Waals surface area contributed by atoms with Crippen molar-refractivity contribution in [3.63, 3.8) is 0 Å². The van der Waals surface area contributed by atoms with Crippen molar-refractivity contribution in [2.45, 2.75) is 39.7 Å². The third-order valence-electron chi connectivity index (χ3n) is 2.08. The molecule has 1 amide bonds. The van der Waals surface area contributed by atoms with Crippen LogP contribution < -0.4 is 5.32 Å². The standard InChI is InChI=1S/C10H21NO3/c1-5-10(4,7-12)11-9(13)14-6-8(2)3/h8,12H,5-7H2,1-4H3,(H,11,13). The molecule has 0 heterocycles. The van der Waals surface area contributed by atoms with Crippen LogP contribution in [0, 0.1) is 5.92 Å². The lowest BCUT2D eigenvalue weighted by Crippen LogP contribution is -2.48. The molecule has 2 N–H and O–H groups in total. The van der Waals surface area contributed by atoms with Gasteiger partial charge >= 0.3 is 6.09 Å². The molecule has 1 atom stereocenters. The van der Waals surface area contributed by atoms with Gasteiger partial charge in [-0.15, -0.1) is 0 Å². The van der Waals surface area contributed by atoms with Crippen LogP contribution in [0.5, 0.6) is 0 Å². The number of carbonyl (C=O) groups excluding carboxylic acids is 1. The van der Waals surface area contributed by atoms with E-state index in [9.17, 15) is 4.79 Å². The summed E-state index contributed by atoms with van der Waals surface area (Å²) in [6.45, 7) is 7.94. The SMILES string of the molecule is CCC(C)(CO)NC(=O)OCC(C)C. The normalized spacial score (nSPS) is 15.0. The summed E-state index contributed by atoms with van der Waals surface area (Å²) in [7, 11) is 0. The fraction of sp³-hybridized carbons (Fsp3) is 0.900. The highest BCUT2D eigenvalue weighted by atomic mass is 16.5. The number of ether oxygens (including phenoxy) is 1. The molecule has 0 rings (SSSR count). The fourth-order valence-electron chi connectivity index (χ4n) is 0.765. The molecule has 0 aliphatic carbocycles. The zero-order chi connectivity index (χ0) is 11.2. The minimum absolute atomic E-state index is 0.0831. The van der Waals surface area contributed by atoms with E-state index in [4.69, 9.17) is 9.84 Å². The van der Waals surface area contributed by atoms with Gasteiger partial charge in [0.05, 0.1) is 18.8 Å². The topological polar surface area (TPSA) is 58.6 Å². The van der Waals surface area contributed by atoms with Gasteiger partial charge in [-0.2, -0.15) is 0 Å². The lowest BCUT2D eigenvalue weighted by atomic mass is 10.0. The van der Waals surface area contributed by atoms with E-state index in [1.807, 2.05) is 20.8 Å². The summed E-state index contributed by atoms with van der Waals surface area (Å²) in [6, 6.07) is 0. The molecular formula is C10H21NO3. The molecule has 0 spiro atoms. The van der Waals surface area contributed by atoms with Gasteiger partial charge in [0.15, 0.2) is 0 Å². The quantitative estimate of drug-likeness (QED) is 0.712. The Morgan fingerprint density at radius 2 is 2.14 bits per heavy atom. The summed E-state index contributed by atoms with van der Waals surface area (Å²) < 4.78 is 4.94. The molecule has 0 saturated carbocycles. The number of hydrogen-bond donors (Lipinski definition) is 2. The van der Waals surface area contributed by atoms with Gasteiger partial charge in [0.25, 0.3) is 0 Å². The number of carbonyl (C=O) groups is 1. The van der Waals surface area contributed by atoms with Crippen molar-refractivity contribution >= 4 is 6.09 Å². The van der Waals surface area contributed by atoms with E-state index in [-0.39, 0.29) is 6.61 Å². The monoisotopic (exact) mass is 203 g/mol. The Morgan fingerprint density at radius 1 is 1.57 bits per heavy atom. The van der Waals surface area contributed by atoms with Gasteiger partial charge in [-0.25, -0.2) is 4.79 Å². The Morgan fingerprint density at radius 3 is 2.50 bits per heavy atom. The highest BCUT2D eigenvalue weighted by Crippen LogP contribution is 2.07. The van der Waals surface area contributed by atoms with Crippen LogP contribution in [0.4, 0.5) is 4.79 Å². The number of aliphatic hydroxyl groups excluding tert-OH is 1. The van der Waals surface area contributed by atoms with E-state index >= 15 is 0 Å². The molecule has 0 bridgehead atoms. The molecule has 0 fully saturated rings. The predicted molar refractivity (Wildman–Crippen MR) is 55.1 cm³/mol. The lowest BCUT2D eigenvalue weighted by Gasteiger charge is -2.26. The first kappa shape index (κ1) is 13.2. The molecule has 0 aromatic carbocycles. The average Bonchev–Trinajstić information content (AvgIpc) is 2.14. The molecule has 1 unspecified atom stereocenters. The Balaban J connectivity index is 3.92. The summed E-state index contributed by atoms with van der Waals surface area (Å²) in [4.78, 5) is 11.2. The molecule has 0 saturated heterocycles. The number of aliphatic hydroxyl groups is 1. The molecular weight excluding hydrogens is 182 g/mol. The highest BCUT2D eigenvalue weighted by molar-refractivity contribution is 5.68. The first-order valence-corrected chi connectivity index (χ1v) is 4.99. The fourth-order valence-corrected chi connectivity index (χ4v) is 0.765. The third-order valence-corrected chi connectivity index (χ3v) is 2.08. The second-order valence-electron chi connectivity index (χ2n) is 4.19. The second-order valence-corrected chi connectivity index (χ2v) is 4.19. The molecule has 0 aliphatic heterocycles. The zero-order valence-electron chi connectivity index (χ0n) is 9.46. The van der Waals surface area contributed by atoms with Crippen molar-refractivity contribution in [1.29, 1.82) is 0 Å². The van der Waals surface area contributed by atoms with Crippen molar-refractivity contribution < 1.29 is 14.6 Å². The predicted octanol–water partition coefficient (Wildman–Crippen LogP) is 1.53. The molecule has 14 heavy (non-hydrogen) atoms. The van der Waals surface area contributed by atoms with Gasteiger partial charge in [-0.3, -0.25) is 0 Å². The van der Waals surface area contributed by atoms with Crippen LogP contribution in [-0.2, 0) is 4.74 Å². The third kappa shape index (κ3) is 5.07. The van der Waals surface area contributed by atoms with Gasteiger partial charge in [-0.1, -0.05) is 20.8 Å². The summed E-state index contributed by atoms with van der Waals surface area (Å²) in [5, 5.41) is 11.7. The number of amides is 1. The summed E-state index contributed by atoms with van der Waals surface area (Å²) in [5.41, 5.74) is -0.575. The number of nitrogens with one attached hydrogen (secondary N) is 1. The Bertz CT molecular complexity index is 176. The van der Waals surface area contributed by atoms with Crippen LogP contribution in [0.1, 0.15) is 34.1 Å². The maximum Gasteiger partial charge on any atom is 0.407 e. The summed E-state index contributed by atoms with van der Waals surface area (Å²) in [6.07, 6.45) is 0.206. The van der Waals surface area contributed by atoms with Gasteiger partial charge in [-0.05, 0) is 19.3 Å². The Kier molecular flexibility index (Phi) is 5.53. The van der Waals surface area contributed by atoms with Crippen LogP contribution in [0.25, 0.3) is 0 Å². The van der Waals surface area contributed by atoms with Crippen LogP contribution in [0.15, 0.2) is 0 Å². The largest absolute Gasteiger partial charge is 0.449 e. The molecule has 0 radical (unpaired) electrons. The lowest BCUT2D eigenvalue weighted by molar-refractivity contribution is 0.106. The van der Waals surface area contributed by atoms with E-state index in [2.05, 4.69) is 5.32 Å². The zero-order valence-corrected chi connectivity index (χ0v) is 9.46. The Labute approximate surface area is 85.6 Å². The van der Waals surface area contributed by atoms with E-state index in [1.165, 1.54) is 0 Å². The summed E-state index contributed by atoms with van der Waals surface area (Å²) in [5.74, 6) is 0.322. The number of rotatable bonds is 5. The number of hydrogen-bond acceptors (Lipinski definition) is 3. The smallest absolute Gasteiger partial charge is 0.407 e. The van der Waals surface area contributed by atoms with Gasteiger partial charge in [0.1, 0.15) is 0 Å². The first-order chi connectivity index (χ1) is 6.43. The maximum absolute atomic E-state index is 11.2. The van der Waals surface area contributed by atoms with Crippen molar-refractivity contribution in [2.24, 2.45) is 5.92 Å². The minimum atomic E-state index is -0.575. The molecule has 84 valence electrons. The molecule has 4 nitrogen and oxygen atoms in total. The van der Waals surface area contributed by atoms with Gasteiger partial charge in [0, 0.05) is 0 Å². The van der Waals surface area contributed by atoms with E-state index < -0.39 is 11.6 Å². The van der Waals surface area contributed by atoms with E-state index in [1.54, 1.807) is 6.92 Å². The van der Waals surface area contributed by atoms with E-state index in [0.717, 1.165) is 0 Å². The molecule has 0 aromatic heterocycles. The van der Waals surface area contributed by atoms with Gasteiger partial charge in [0.2, 0.25) is 0 Å². The molecule has 4 heteroatoms. The van der Waals surface area contributed by atoms with Crippen molar-refractivity contribution in [1.82, 2.24) is 5.32 Å². The van der Waals surface area contributed by atoms with E-state index in [0.29, 0.717) is 18.9 Å². The summed E-state index contributed by atoms with van der Waals surface area (Å²) >= 11 is 0. The van der Waals surface area contributed by atoms with Crippen LogP contribution in [0.2, 0.25) is 0 Å². The van der Waals surface area contributed by atoms with Crippen LogP contribution in [0.3, 0.4) is 0 Å². The Hall–Kier alpha value is -0.770. The highest BCUT2D eigenvalue weighted by Gasteiger charge is 2.23.